The summed E-state index contributed by atoms with van der Waals surface area (Å²) in [5.74, 6) is -1.63. The van der Waals surface area contributed by atoms with Gasteiger partial charge in [0.15, 0.2) is 12.4 Å². The van der Waals surface area contributed by atoms with Crippen molar-refractivity contribution in [1.29, 1.82) is 5.41 Å². The molecule has 0 aliphatic heterocycles. The number of nitrogens with two attached hydrogens (primary N) is 1. The van der Waals surface area contributed by atoms with Gasteiger partial charge in [0.1, 0.15) is 17.3 Å². The van der Waals surface area contributed by atoms with Crippen molar-refractivity contribution in [2.45, 2.75) is 6.54 Å². The largest absolute Gasteiger partial charge is 0.497 e. The fraction of sp³-hybridized carbons (Fsp3) is 0.211. The monoisotopic (exact) mass is 458 g/mol. The van der Waals surface area contributed by atoms with E-state index in [2.05, 4.69) is 10.6 Å². The first-order valence-electron chi connectivity index (χ1n) is 8.38. The molecule has 2 amide bonds. The number of carbonyl (C=O) groups is 2. The molecule has 5 N–H and O–H groups in total. The van der Waals surface area contributed by atoms with Gasteiger partial charge in [-0.3, -0.25) is 15.0 Å². The highest BCUT2D eigenvalue weighted by Crippen LogP contribution is 2.26. The van der Waals surface area contributed by atoms with Gasteiger partial charge in [-0.1, -0.05) is 23.7 Å². The predicted octanol–water partition coefficient (Wildman–Crippen LogP) is 2.25. The van der Waals surface area contributed by atoms with Crippen molar-refractivity contribution in [3.8, 4) is 11.5 Å². The van der Waals surface area contributed by atoms with Crippen LogP contribution in [0.4, 0.5) is 4.39 Å². The van der Waals surface area contributed by atoms with Crippen LogP contribution in [0, 0.1) is 11.2 Å². The zero-order valence-corrected chi connectivity index (χ0v) is 17.7. The summed E-state index contributed by atoms with van der Waals surface area (Å²) in [5, 5.41) is 12.3. The fourth-order valence-corrected chi connectivity index (χ4v) is 2.55. The summed E-state index contributed by atoms with van der Waals surface area (Å²) >= 11 is 5.79. The van der Waals surface area contributed by atoms with Crippen LogP contribution in [0.5, 0.6) is 11.5 Å². The van der Waals surface area contributed by atoms with E-state index in [1.165, 1.54) is 32.4 Å². The Morgan fingerprint density at radius 3 is 2.57 bits per heavy atom. The van der Waals surface area contributed by atoms with E-state index in [9.17, 15) is 14.0 Å². The average Bonchev–Trinajstić information content (AvgIpc) is 2.71. The number of ether oxygens (including phenoxy) is 2. The first-order valence-corrected chi connectivity index (χ1v) is 8.76. The van der Waals surface area contributed by atoms with Gasteiger partial charge in [0, 0.05) is 30.8 Å². The van der Waals surface area contributed by atoms with Gasteiger partial charge in [-0.15, -0.1) is 12.4 Å². The van der Waals surface area contributed by atoms with Gasteiger partial charge < -0.3 is 25.8 Å². The molecule has 162 valence electrons. The molecule has 2 aromatic rings. The van der Waals surface area contributed by atoms with Gasteiger partial charge in [-0.25, -0.2) is 4.39 Å². The van der Waals surface area contributed by atoms with Gasteiger partial charge in [0.25, 0.3) is 11.8 Å². The van der Waals surface area contributed by atoms with Gasteiger partial charge in [0.05, 0.1) is 17.7 Å². The number of amides is 2. The van der Waals surface area contributed by atoms with Crippen LogP contribution in [0.3, 0.4) is 0 Å². The van der Waals surface area contributed by atoms with Crippen molar-refractivity contribution >= 4 is 41.7 Å². The lowest BCUT2D eigenvalue weighted by atomic mass is 10.1. The van der Waals surface area contributed by atoms with E-state index in [1.54, 1.807) is 12.1 Å². The molecule has 0 unspecified atom stereocenters. The smallest absolute Gasteiger partial charge is 0.257 e. The number of likely N-dealkylation sites (N-methyl/N-ethyl adjacent to an activating group) is 1. The third-order valence-corrected chi connectivity index (χ3v) is 4.21. The second-order valence-electron chi connectivity index (χ2n) is 5.85. The number of methoxy groups -OCH3 is 1. The van der Waals surface area contributed by atoms with Crippen LogP contribution >= 0.6 is 24.0 Å². The molecule has 0 aromatic heterocycles. The molecule has 2 aromatic carbocycles. The normalized spacial score (nSPS) is 9.87. The number of rotatable bonds is 8. The lowest BCUT2D eigenvalue weighted by Gasteiger charge is -2.14. The number of hydrogen-bond acceptors (Lipinski definition) is 5. The molecule has 0 atom stereocenters. The molecule has 0 radical (unpaired) electrons. The molecule has 0 fully saturated rings. The molecule has 0 bridgehead atoms. The highest BCUT2D eigenvalue weighted by Gasteiger charge is 2.18. The zero-order chi connectivity index (χ0) is 21.6. The Hall–Kier alpha value is -3.04. The number of amidine groups is 1. The van der Waals surface area contributed by atoms with E-state index < -0.39 is 11.7 Å². The number of nitrogens with one attached hydrogen (secondary N) is 3. The third-order valence-electron chi connectivity index (χ3n) is 3.94. The predicted molar refractivity (Wildman–Crippen MR) is 113 cm³/mol. The summed E-state index contributed by atoms with van der Waals surface area (Å²) < 4.78 is 24.7. The van der Waals surface area contributed by atoms with Crippen molar-refractivity contribution in [2.75, 3.05) is 20.8 Å². The minimum absolute atomic E-state index is 0. The summed E-state index contributed by atoms with van der Waals surface area (Å²) in [4.78, 5) is 23.9. The van der Waals surface area contributed by atoms with Crippen molar-refractivity contribution in [2.24, 2.45) is 5.73 Å². The standard InChI is InChI=1S/C19H20ClFN4O4.ClH/c1-24-16(26)9-29-15-5-10(18(22)23)3-4-11(15)8-25-19(27)13-6-12(28-2)7-14(20)17(13)21;/h3-7H,8-9H2,1-2H3,(H3,22,23)(H,24,26)(H,25,27);1H. The van der Waals surface area contributed by atoms with E-state index in [0.29, 0.717) is 11.1 Å². The fourth-order valence-electron chi connectivity index (χ4n) is 2.34. The summed E-state index contributed by atoms with van der Waals surface area (Å²) in [6.07, 6.45) is 0. The summed E-state index contributed by atoms with van der Waals surface area (Å²) in [6.45, 7) is -0.298. The van der Waals surface area contributed by atoms with E-state index in [0.717, 1.165) is 0 Å². The minimum Gasteiger partial charge on any atom is -0.497 e. The Morgan fingerprint density at radius 2 is 1.97 bits per heavy atom. The summed E-state index contributed by atoms with van der Waals surface area (Å²) in [5.41, 5.74) is 6.10. The lowest BCUT2D eigenvalue weighted by molar-refractivity contribution is -0.122. The van der Waals surface area contributed by atoms with Gasteiger partial charge in [-0.05, 0) is 12.1 Å². The maximum atomic E-state index is 14.2. The van der Waals surface area contributed by atoms with E-state index in [4.69, 9.17) is 32.2 Å². The first-order chi connectivity index (χ1) is 13.8. The molecule has 8 nitrogen and oxygen atoms in total. The Labute approximate surface area is 183 Å². The molecule has 0 aliphatic carbocycles. The van der Waals surface area contributed by atoms with E-state index in [-0.39, 0.29) is 59.4 Å². The summed E-state index contributed by atoms with van der Waals surface area (Å²) in [6, 6.07) is 7.14. The Morgan fingerprint density at radius 1 is 1.27 bits per heavy atom. The number of carbonyl (C=O) groups excluding carboxylic acids is 2. The van der Waals surface area contributed by atoms with Crippen LogP contribution in [0.2, 0.25) is 5.02 Å². The van der Waals surface area contributed by atoms with Crippen LogP contribution in [-0.2, 0) is 11.3 Å². The van der Waals surface area contributed by atoms with E-state index in [1.807, 2.05) is 0 Å². The molecule has 0 aliphatic rings. The SMILES string of the molecule is CNC(=O)COc1cc(C(=N)N)ccc1CNC(=O)c1cc(OC)cc(Cl)c1F.Cl. The van der Waals surface area contributed by atoms with Gasteiger partial charge >= 0.3 is 0 Å². The number of hydrogen-bond donors (Lipinski definition) is 4. The van der Waals surface area contributed by atoms with E-state index >= 15 is 0 Å². The number of benzene rings is 2. The topological polar surface area (TPSA) is 127 Å². The van der Waals surface area contributed by atoms with Crippen molar-refractivity contribution in [3.63, 3.8) is 0 Å². The molecule has 0 heterocycles. The first kappa shape index (κ1) is 25.0. The van der Waals surface area contributed by atoms with Crippen molar-refractivity contribution < 1.29 is 23.5 Å². The second kappa shape index (κ2) is 11.2. The number of nitrogen functional groups attached to an aromatic ring is 1. The zero-order valence-electron chi connectivity index (χ0n) is 16.2. The summed E-state index contributed by atoms with van der Waals surface area (Å²) in [7, 11) is 2.84. The van der Waals surface area contributed by atoms with Crippen LogP contribution in [-0.4, -0.2) is 38.4 Å². The third kappa shape index (κ3) is 6.23. The van der Waals surface area contributed by atoms with Crippen LogP contribution in [0.15, 0.2) is 30.3 Å². The number of halogens is 3. The van der Waals surface area contributed by atoms with Crippen LogP contribution < -0.4 is 25.8 Å². The van der Waals surface area contributed by atoms with Crippen molar-refractivity contribution in [3.05, 3.63) is 57.9 Å². The van der Waals surface area contributed by atoms with Gasteiger partial charge in [0.2, 0.25) is 0 Å². The quantitative estimate of drug-likeness (QED) is 0.356. The Bertz CT molecular complexity index is 956. The molecule has 11 heteroatoms. The molecule has 0 saturated carbocycles. The minimum atomic E-state index is -0.868. The maximum Gasteiger partial charge on any atom is 0.257 e. The molecule has 0 spiro atoms. The maximum absolute atomic E-state index is 14.2. The molecular formula is C19H21Cl2FN4O4. The highest BCUT2D eigenvalue weighted by atomic mass is 35.5. The molecule has 0 saturated heterocycles. The molecule has 2 rings (SSSR count). The average molecular weight is 459 g/mol. The molecule has 30 heavy (non-hydrogen) atoms. The van der Waals surface area contributed by atoms with Crippen LogP contribution in [0.1, 0.15) is 21.5 Å². The Kier molecular flexibility index (Phi) is 9.35. The van der Waals surface area contributed by atoms with Gasteiger partial charge in [-0.2, -0.15) is 0 Å². The van der Waals surface area contributed by atoms with Crippen LogP contribution in [0.25, 0.3) is 0 Å². The Balaban J connectivity index is 0.00000450. The molecular weight excluding hydrogens is 438 g/mol. The second-order valence-corrected chi connectivity index (χ2v) is 6.26. The lowest BCUT2D eigenvalue weighted by Crippen LogP contribution is -2.27. The van der Waals surface area contributed by atoms with Crippen molar-refractivity contribution in [1.82, 2.24) is 10.6 Å². The highest BCUT2D eigenvalue weighted by molar-refractivity contribution is 6.31.